The lowest BCUT2D eigenvalue weighted by molar-refractivity contribution is 0.303. The Labute approximate surface area is 109 Å². The fraction of sp³-hybridized carbons (Fsp3) is 0.250. The van der Waals surface area contributed by atoms with E-state index in [0.717, 1.165) is 5.69 Å². The second-order valence-electron chi connectivity index (χ2n) is 3.42. The third-order valence-electron chi connectivity index (χ3n) is 2.27. The number of para-hydroxylation sites is 1. The van der Waals surface area contributed by atoms with Gasteiger partial charge in [-0.15, -0.1) is 0 Å². The Morgan fingerprint density at radius 1 is 1.28 bits per heavy atom. The van der Waals surface area contributed by atoms with Gasteiger partial charge >= 0.3 is 6.01 Å². The first-order chi connectivity index (χ1) is 8.76. The van der Waals surface area contributed by atoms with Gasteiger partial charge in [0, 0.05) is 0 Å². The minimum atomic E-state index is 0.115. The molecule has 18 heavy (non-hydrogen) atoms. The molecule has 0 unspecified atom stereocenters. The van der Waals surface area contributed by atoms with E-state index in [-0.39, 0.29) is 11.6 Å². The molecule has 0 amide bonds. The minimum Gasteiger partial charge on any atom is -0.464 e. The van der Waals surface area contributed by atoms with Gasteiger partial charge in [0.05, 0.1) is 12.3 Å². The van der Waals surface area contributed by atoms with Crippen LogP contribution in [0.2, 0.25) is 0 Å². The molecule has 0 aliphatic rings. The quantitative estimate of drug-likeness (QED) is 0.854. The Morgan fingerprint density at radius 3 is 2.61 bits per heavy atom. The van der Waals surface area contributed by atoms with Gasteiger partial charge in [0.2, 0.25) is 5.62 Å². The minimum absolute atomic E-state index is 0.115. The molecule has 6 heteroatoms. The lowest BCUT2D eigenvalue weighted by Crippen LogP contribution is -2.25. The van der Waals surface area contributed by atoms with Crippen molar-refractivity contribution >= 4 is 11.8 Å². The van der Waals surface area contributed by atoms with Gasteiger partial charge in [0.15, 0.2) is 5.16 Å². The van der Waals surface area contributed by atoms with Crippen LogP contribution >= 0.6 is 11.8 Å². The first-order valence-electron chi connectivity index (χ1n) is 5.54. The molecule has 0 spiro atoms. The van der Waals surface area contributed by atoms with Crippen LogP contribution in [0, 0.1) is 5.41 Å². The lowest BCUT2D eigenvalue weighted by Gasteiger charge is -2.11. The summed E-state index contributed by atoms with van der Waals surface area (Å²) in [4.78, 5) is 8.32. The third kappa shape index (κ3) is 2.53. The van der Waals surface area contributed by atoms with Crippen LogP contribution in [0.25, 0.3) is 5.69 Å². The summed E-state index contributed by atoms with van der Waals surface area (Å²) < 4.78 is 6.94. The monoisotopic (exact) mass is 262 g/mol. The van der Waals surface area contributed by atoms with Crippen LogP contribution in [-0.2, 0) is 0 Å². The molecular formula is C12H14N4OS. The zero-order chi connectivity index (χ0) is 13.0. The first kappa shape index (κ1) is 12.6. The van der Waals surface area contributed by atoms with Gasteiger partial charge in [0.1, 0.15) is 0 Å². The maximum atomic E-state index is 7.99. The zero-order valence-corrected chi connectivity index (χ0v) is 11.1. The van der Waals surface area contributed by atoms with E-state index in [2.05, 4.69) is 9.97 Å². The van der Waals surface area contributed by atoms with E-state index in [4.69, 9.17) is 10.1 Å². The van der Waals surface area contributed by atoms with Gasteiger partial charge < -0.3 is 4.74 Å². The molecule has 0 aliphatic heterocycles. The van der Waals surface area contributed by atoms with Crippen LogP contribution in [0.1, 0.15) is 6.92 Å². The topological polar surface area (TPSA) is 63.8 Å². The molecule has 5 nitrogen and oxygen atoms in total. The number of nitrogens with zero attached hydrogens (tertiary/aromatic N) is 3. The molecule has 0 radical (unpaired) electrons. The summed E-state index contributed by atoms with van der Waals surface area (Å²) in [5.74, 6) is 0. The number of aromatic nitrogens is 3. The smallest absolute Gasteiger partial charge is 0.322 e. The Balaban J connectivity index is 2.57. The van der Waals surface area contributed by atoms with E-state index in [1.165, 1.54) is 11.8 Å². The largest absolute Gasteiger partial charge is 0.464 e. The van der Waals surface area contributed by atoms with Crippen LogP contribution in [0.15, 0.2) is 35.5 Å². The van der Waals surface area contributed by atoms with Crippen molar-refractivity contribution in [3.63, 3.8) is 0 Å². The van der Waals surface area contributed by atoms with Gasteiger partial charge in [-0.25, -0.2) is 0 Å². The molecule has 1 aromatic carbocycles. The van der Waals surface area contributed by atoms with Crippen molar-refractivity contribution in [2.75, 3.05) is 12.9 Å². The molecule has 2 aromatic rings. The Kier molecular flexibility index (Phi) is 3.99. The molecule has 2 rings (SSSR count). The first-order valence-corrected chi connectivity index (χ1v) is 6.76. The molecule has 0 saturated carbocycles. The van der Waals surface area contributed by atoms with E-state index >= 15 is 0 Å². The maximum Gasteiger partial charge on any atom is 0.322 e. The van der Waals surface area contributed by atoms with Crippen molar-refractivity contribution < 1.29 is 4.74 Å². The highest BCUT2D eigenvalue weighted by molar-refractivity contribution is 7.98. The zero-order valence-electron chi connectivity index (χ0n) is 10.3. The highest BCUT2D eigenvalue weighted by atomic mass is 32.2. The van der Waals surface area contributed by atoms with E-state index in [9.17, 15) is 0 Å². The molecule has 1 N–H and O–H groups in total. The molecule has 0 bridgehead atoms. The summed E-state index contributed by atoms with van der Waals surface area (Å²) in [7, 11) is 0. The molecule has 0 fully saturated rings. The second-order valence-corrected chi connectivity index (χ2v) is 4.19. The predicted molar refractivity (Wildman–Crippen MR) is 70.2 cm³/mol. The van der Waals surface area contributed by atoms with Crippen molar-refractivity contribution in [2.24, 2.45) is 0 Å². The van der Waals surface area contributed by atoms with E-state index in [1.54, 1.807) is 4.57 Å². The highest BCUT2D eigenvalue weighted by Gasteiger charge is 2.09. The van der Waals surface area contributed by atoms with Crippen LogP contribution in [-0.4, -0.2) is 27.4 Å². The SMILES string of the molecule is CCOc1nc(SC)n(-c2ccccc2)c(=N)n1. The second kappa shape index (κ2) is 5.68. The number of benzene rings is 1. The maximum absolute atomic E-state index is 7.99. The van der Waals surface area contributed by atoms with Gasteiger partial charge in [-0.3, -0.25) is 9.98 Å². The third-order valence-corrected chi connectivity index (χ3v) is 2.91. The predicted octanol–water partition coefficient (Wildman–Crippen LogP) is 1.87. The van der Waals surface area contributed by atoms with Gasteiger partial charge in [-0.05, 0) is 25.3 Å². The standard InChI is InChI=1S/C12H14N4OS/c1-3-17-11-14-10(13)16(12(15-11)18-2)9-7-5-4-6-8-9/h4-8,13H,3H2,1-2H3. The normalized spacial score (nSPS) is 10.3. The molecule has 1 aromatic heterocycles. The molecule has 0 atom stereocenters. The van der Waals surface area contributed by atoms with Gasteiger partial charge in [-0.1, -0.05) is 30.0 Å². The summed E-state index contributed by atoms with van der Waals surface area (Å²) in [6, 6.07) is 9.86. The van der Waals surface area contributed by atoms with E-state index in [0.29, 0.717) is 11.8 Å². The van der Waals surface area contributed by atoms with Crippen LogP contribution < -0.4 is 10.4 Å². The average molecular weight is 262 g/mol. The molecule has 0 aliphatic carbocycles. The highest BCUT2D eigenvalue weighted by Crippen LogP contribution is 2.16. The van der Waals surface area contributed by atoms with E-state index < -0.39 is 0 Å². The van der Waals surface area contributed by atoms with E-state index in [1.807, 2.05) is 43.5 Å². The summed E-state index contributed by atoms with van der Waals surface area (Å²) in [6.45, 7) is 2.35. The number of thioether (sulfide) groups is 1. The summed E-state index contributed by atoms with van der Waals surface area (Å²) in [5, 5.41) is 8.68. The van der Waals surface area contributed by atoms with Crippen LogP contribution in [0.4, 0.5) is 0 Å². The van der Waals surface area contributed by atoms with Crippen molar-refractivity contribution in [1.29, 1.82) is 5.41 Å². The molecule has 1 heterocycles. The molecular weight excluding hydrogens is 248 g/mol. The lowest BCUT2D eigenvalue weighted by atomic mass is 10.3. The number of nitrogens with one attached hydrogen (secondary N) is 1. The fourth-order valence-electron chi connectivity index (χ4n) is 1.53. The summed E-state index contributed by atoms with van der Waals surface area (Å²) in [6.07, 6.45) is 1.91. The average Bonchev–Trinajstić information content (AvgIpc) is 2.39. The van der Waals surface area contributed by atoms with Crippen molar-refractivity contribution in [1.82, 2.24) is 14.5 Å². The number of hydrogen-bond acceptors (Lipinski definition) is 5. The van der Waals surface area contributed by atoms with Crippen molar-refractivity contribution in [3.05, 3.63) is 36.0 Å². The molecule has 0 saturated heterocycles. The Bertz CT molecular complexity index is 582. The van der Waals surface area contributed by atoms with Crippen LogP contribution in [0.3, 0.4) is 0 Å². The summed E-state index contributed by atoms with van der Waals surface area (Å²) in [5.41, 5.74) is 0.985. The number of hydrogen-bond donors (Lipinski definition) is 1. The Morgan fingerprint density at radius 2 is 2.00 bits per heavy atom. The number of rotatable bonds is 4. The van der Waals surface area contributed by atoms with Crippen molar-refractivity contribution in [3.8, 4) is 11.7 Å². The van der Waals surface area contributed by atoms with Crippen molar-refractivity contribution in [2.45, 2.75) is 12.1 Å². The van der Waals surface area contributed by atoms with Gasteiger partial charge in [-0.2, -0.15) is 9.97 Å². The van der Waals surface area contributed by atoms with Gasteiger partial charge in [0.25, 0.3) is 0 Å². The fourth-order valence-corrected chi connectivity index (χ4v) is 2.07. The summed E-state index contributed by atoms with van der Waals surface area (Å²) >= 11 is 1.46. The Hall–Kier alpha value is -1.82. The molecule has 94 valence electrons. The number of ether oxygens (including phenoxy) is 1. The van der Waals surface area contributed by atoms with Crippen LogP contribution in [0.5, 0.6) is 6.01 Å².